The van der Waals surface area contributed by atoms with E-state index in [4.69, 9.17) is 11.3 Å². The second-order valence-corrected chi connectivity index (χ2v) is 3.83. The quantitative estimate of drug-likeness (QED) is 0.312. The van der Waals surface area contributed by atoms with E-state index >= 15 is 0 Å². The number of nitrogens with two attached hydrogens (primary N) is 1. The van der Waals surface area contributed by atoms with Gasteiger partial charge in [-0.2, -0.15) is 0 Å². The summed E-state index contributed by atoms with van der Waals surface area (Å²) in [5.74, 6) is 0. The summed E-state index contributed by atoms with van der Waals surface area (Å²) in [5.41, 5.74) is 15.8. The zero-order valence-corrected chi connectivity index (χ0v) is 9.61. The predicted molar refractivity (Wildman–Crippen MR) is 65.2 cm³/mol. The van der Waals surface area contributed by atoms with Crippen LogP contribution in [0, 0.1) is 6.92 Å². The Morgan fingerprint density at radius 3 is 2.82 bits per heavy atom. The highest BCUT2D eigenvalue weighted by Crippen LogP contribution is 2.26. The fourth-order valence-corrected chi connectivity index (χ4v) is 1.56. The molecule has 2 atom stereocenters. The Labute approximate surface area is 99.3 Å². The monoisotopic (exact) mass is 236 g/mol. The van der Waals surface area contributed by atoms with Gasteiger partial charge in [0.05, 0.1) is 6.10 Å². The largest absolute Gasteiger partial charge is 0.398 e. The number of azide groups is 1. The van der Waals surface area contributed by atoms with Crippen LogP contribution in [0.5, 0.6) is 0 Å². The van der Waals surface area contributed by atoms with E-state index in [1.54, 1.807) is 12.1 Å². The summed E-state index contributed by atoms with van der Waals surface area (Å²) in [7, 11) is 0. The van der Waals surface area contributed by atoms with Crippen LogP contribution in [-0.2, 0) is 0 Å². The van der Waals surface area contributed by atoms with E-state index in [1.165, 1.54) is 0 Å². The Morgan fingerprint density at radius 2 is 2.18 bits per heavy atom. The zero-order valence-electron chi connectivity index (χ0n) is 9.61. The van der Waals surface area contributed by atoms with E-state index in [-0.39, 0.29) is 13.0 Å². The normalized spacial score (nSPS) is 13.8. The van der Waals surface area contributed by atoms with Crippen molar-refractivity contribution in [2.24, 2.45) is 5.11 Å². The van der Waals surface area contributed by atoms with Gasteiger partial charge in [0.2, 0.25) is 0 Å². The zero-order chi connectivity index (χ0) is 12.8. The number of hydrogen-bond acceptors (Lipinski definition) is 4. The second-order valence-electron chi connectivity index (χ2n) is 3.83. The molecule has 92 valence electrons. The topological polar surface area (TPSA) is 115 Å². The Balaban J connectivity index is 2.77. The molecule has 1 rings (SSSR count). The molecular weight excluding hydrogens is 220 g/mol. The number of nitrogens with zero attached hydrogens (tertiary/aromatic N) is 3. The molecule has 0 aliphatic rings. The lowest BCUT2D eigenvalue weighted by molar-refractivity contribution is 0.0154. The first-order chi connectivity index (χ1) is 8.07. The van der Waals surface area contributed by atoms with Crippen LogP contribution >= 0.6 is 0 Å². The Bertz CT molecular complexity index is 429. The lowest BCUT2D eigenvalue weighted by Gasteiger charge is -2.19. The molecule has 0 aromatic heterocycles. The van der Waals surface area contributed by atoms with Crippen LogP contribution in [-0.4, -0.2) is 22.9 Å². The maximum atomic E-state index is 9.93. The van der Waals surface area contributed by atoms with Crippen LogP contribution in [0.4, 0.5) is 5.69 Å². The van der Waals surface area contributed by atoms with Gasteiger partial charge in [-0.05, 0) is 24.4 Å². The molecule has 0 bridgehead atoms. The van der Waals surface area contributed by atoms with E-state index in [0.29, 0.717) is 11.3 Å². The number of hydrogen-bond donors (Lipinski definition) is 3. The second kappa shape index (κ2) is 6.10. The van der Waals surface area contributed by atoms with Crippen LogP contribution in [0.1, 0.15) is 23.7 Å². The van der Waals surface area contributed by atoms with Gasteiger partial charge >= 0.3 is 0 Å². The van der Waals surface area contributed by atoms with E-state index in [0.717, 1.165) is 5.56 Å². The lowest BCUT2D eigenvalue weighted by Crippen LogP contribution is -2.20. The number of rotatable bonds is 5. The molecule has 6 heteroatoms. The van der Waals surface area contributed by atoms with Crippen LogP contribution in [0.2, 0.25) is 0 Å². The van der Waals surface area contributed by atoms with E-state index in [2.05, 4.69) is 10.0 Å². The van der Waals surface area contributed by atoms with E-state index in [9.17, 15) is 10.2 Å². The molecule has 1 aromatic carbocycles. The minimum Gasteiger partial charge on any atom is -0.398 e. The fourth-order valence-electron chi connectivity index (χ4n) is 1.56. The van der Waals surface area contributed by atoms with Gasteiger partial charge < -0.3 is 15.9 Å². The van der Waals surface area contributed by atoms with Gasteiger partial charge in [0.25, 0.3) is 0 Å². The van der Waals surface area contributed by atoms with Crippen LogP contribution in [0.15, 0.2) is 23.3 Å². The Morgan fingerprint density at radius 1 is 1.47 bits per heavy atom. The molecule has 0 fully saturated rings. The van der Waals surface area contributed by atoms with Crippen LogP contribution < -0.4 is 5.73 Å². The molecule has 1 aromatic rings. The van der Waals surface area contributed by atoms with Crippen LogP contribution in [0.3, 0.4) is 0 Å². The first kappa shape index (κ1) is 13.3. The van der Waals surface area contributed by atoms with Crippen molar-refractivity contribution in [1.29, 1.82) is 0 Å². The van der Waals surface area contributed by atoms with Gasteiger partial charge in [-0.15, -0.1) is 0 Å². The standard InChI is InChI=1S/C11H16N4O2/c1-7-3-2-4-8(10(7)12)11(17)9(16)5-6-14-15-13/h2-4,9,11,16-17H,5-6,12H2,1H3. The van der Waals surface area contributed by atoms with Crippen molar-refractivity contribution < 1.29 is 10.2 Å². The number of anilines is 1. The number of nitrogen functional groups attached to an aromatic ring is 1. The van der Waals surface area contributed by atoms with Crippen molar-refractivity contribution in [3.8, 4) is 0 Å². The smallest absolute Gasteiger partial charge is 0.107 e. The summed E-state index contributed by atoms with van der Waals surface area (Å²) < 4.78 is 0. The number of aliphatic hydroxyl groups excluding tert-OH is 2. The molecule has 0 heterocycles. The molecule has 0 amide bonds. The molecule has 0 aliphatic carbocycles. The molecule has 4 N–H and O–H groups in total. The third-order valence-corrected chi connectivity index (χ3v) is 2.63. The van der Waals surface area contributed by atoms with Gasteiger partial charge in [-0.1, -0.05) is 23.3 Å². The highest BCUT2D eigenvalue weighted by atomic mass is 16.3. The highest BCUT2D eigenvalue weighted by Gasteiger charge is 2.20. The van der Waals surface area contributed by atoms with Crippen molar-refractivity contribution in [3.63, 3.8) is 0 Å². The van der Waals surface area contributed by atoms with Crippen molar-refractivity contribution in [2.75, 3.05) is 12.3 Å². The van der Waals surface area contributed by atoms with Gasteiger partial charge in [0, 0.05) is 22.7 Å². The molecule has 6 nitrogen and oxygen atoms in total. The molecule has 17 heavy (non-hydrogen) atoms. The Kier molecular flexibility index (Phi) is 4.78. The molecule has 0 saturated heterocycles. The minimum atomic E-state index is -1.07. The third-order valence-electron chi connectivity index (χ3n) is 2.63. The summed E-state index contributed by atoms with van der Waals surface area (Å²) in [4.78, 5) is 2.58. The highest BCUT2D eigenvalue weighted by molar-refractivity contribution is 5.54. The molecular formula is C11H16N4O2. The molecule has 0 spiro atoms. The number of para-hydroxylation sites is 1. The summed E-state index contributed by atoms with van der Waals surface area (Å²) in [6.45, 7) is 1.97. The molecule has 0 radical (unpaired) electrons. The maximum Gasteiger partial charge on any atom is 0.107 e. The first-order valence-electron chi connectivity index (χ1n) is 5.30. The summed E-state index contributed by atoms with van der Waals surface area (Å²) in [6.07, 6.45) is -1.87. The summed E-state index contributed by atoms with van der Waals surface area (Å²) in [5, 5.41) is 23.0. The average Bonchev–Trinajstić information content (AvgIpc) is 2.32. The van der Waals surface area contributed by atoms with Gasteiger partial charge in [-0.25, -0.2) is 0 Å². The van der Waals surface area contributed by atoms with Gasteiger partial charge in [0.15, 0.2) is 0 Å². The fraction of sp³-hybridized carbons (Fsp3) is 0.455. The maximum absolute atomic E-state index is 9.93. The van der Waals surface area contributed by atoms with Crippen molar-refractivity contribution in [1.82, 2.24) is 0 Å². The van der Waals surface area contributed by atoms with Crippen molar-refractivity contribution in [2.45, 2.75) is 25.6 Å². The van der Waals surface area contributed by atoms with E-state index in [1.807, 2.05) is 13.0 Å². The van der Waals surface area contributed by atoms with Gasteiger partial charge in [0.1, 0.15) is 6.10 Å². The SMILES string of the molecule is Cc1cccc(C(O)C(O)CCN=[N+]=[N-])c1N. The predicted octanol–water partition coefficient (Wildman–Crippen LogP) is 1.67. The lowest BCUT2D eigenvalue weighted by atomic mass is 9.98. The first-order valence-corrected chi connectivity index (χ1v) is 5.30. The number of benzene rings is 1. The van der Waals surface area contributed by atoms with Crippen molar-refractivity contribution >= 4 is 5.69 Å². The summed E-state index contributed by atoms with van der Waals surface area (Å²) >= 11 is 0. The van der Waals surface area contributed by atoms with E-state index < -0.39 is 12.2 Å². The molecule has 2 unspecified atom stereocenters. The summed E-state index contributed by atoms with van der Waals surface area (Å²) in [6, 6.07) is 5.27. The molecule has 0 saturated carbocycles. The molecule has 0 aliphatic heterocycles. The number of aliphatic hydroxyl groups is 2. The average molecular weight is 236 g/mol. The number of aryl methyl sites for hydroxylation is 1. The van der Waals surface area contributed by atoms with Crippen LogP contribution in [0.25, 0.3) is 10.4 Å². The minimum absolute atomic E-state index is 0.139. The Hall–Kier alpha value is -1.75. The van der Waals surface area contributed by atoms with Gasteiger partial charge in [-0.3, -0.25) is 0 Å². The third kappa shape index (κ3) is 3.35. The van der Waals surface area contributed by atoms with Crippen molar-refractivity contribution in [3.05, 3.63) is 39.8 Å².